The van der Waals surface area contributed by atoms with Crippen LogP contribution in [0.25, 0.3) is 0 Å². The van der Waals surface area contributed by atoms with E-state index in [0.29, 0.717) is 12.1 Å². The highest BCUT2D eigenvalue weighted by atomic mass is 16.5. The van der Waals surface area contributed by atoms with Crippen LogP contribution in [0.4, 0.5) is 0 Å². The molecule has 3 aromatic rings. The molecule has 0 aliphatic carbocycles. The topological polar surface area (TPSA) is 99.0 Å². The van der Waals surface area contributed by atoms with Crippen molar-refractivity contribution in [2.24, 2.45) is 0 Å². The van der Waals surface area contributed by atoms with Gasteiger partial charge >= 0.3 is 5.97 Å². The van der Waals surface area contributed by atoms with Crippen LogP contribution in [0.3, 0.4) is 0 Å². The van der Waals surface area contributed by atoms with Gasteiger partial charge in [-0.05, 0) is 17.7 Å². The summed E-state index contributed by atoms with van der Waals surface area (Å²) in [4.78, 5) is 27.6. The number of aromatic nitrogens is 4. The van der Waals surface area contributed by atoms with Crippen LogP contribution in [0.2, 0.25) is 0 Å². The van der Waals surface area contributed by atoms with Gasteiger partial charge in [0.05, 0.1) is 19.3 Å². The van der Waals surface area contributed by atoms with Gasteiger partial charge in [0, 0.05) is 18.0 Å². The van der Waals surface area contributed by atoms with Gasteiger partial charge in [0.1, 0.15) is 6.61 Å². The molecule has 2 heterocycles. The van der Waals surface area contributed by atoms with E-state index in [-0.39, 0.29) is 24.8 Å². The highest BCUT2D eigenvalue weighted by Gasteiger charge is 2.12. The van der Waals surface area contributed by atoms with Crippen molar-refractivity contribution in [2.45, 2.75) is 6.54 Å². The normalized spacial score (nSPS) is 10.3. The Hall–Kier alpha value is -3.55. The molecular weight excluding hydrogens is 334 g/mol. The van der Waals surface area contributed by atoms with E-state index < -0.39 is 5.97 Å². The minimum absolute atomic E-state index is 0.0429. The second-order valence-electron chi connectivity index (χ2n) is 5.41. The van der Waals surface area contributed by atoms with Gasteiger partial charge in [-0.2, -0.15) is 0 Å². The van der Waals surface area contributed by atoms with Gasteiger partial charge < -0.3 is 10.1 Å². The molecule has 0 saturated heterocycles. The summed E-state index contributed by atoms with van der Waals surface area (Å²) in [6, 6.07) is 12.9. The van der Waals surface area contributed by atoms with E-state index in [1.54, 1.807) is 16.8 Å². The molecule has 132 valence electrons. The molecule has 0 aliphatic heterocycles. The van der Waals surface area contributed by atoms with E-state index >= 15 is 0 Å². The van der Waals surface area contributed by atoms with Crippen LogP contribution in [-0.2, 0) is 11.3 Å². The molecule has 1 aromatic carbocycles. The van der Waals surface area contributed by atoms with Crippen molar-refractivity contribution in [3.63, 3.8) is 0 Å². The molecule has 0 spiro atoms. The van der Waals surface area contributed by atoms with Crippen molar-refractivity contribution in [1.82, 2.24) is 25.3 Å². The number of nitrogens with zero attached hydrogens (tertiary/aromatic N) is 4. The van der Waals surface area contributed by atoms with Crippen LogP contribution in [-0.4, -0.2) is 45.0 Å². The number of pyridine rings is 1. The van der Waals surface area contributed by atoms with Gasteiger partial charge in [-0.1, -0.05) is 35.5 Å². The Morgan fingerprint density at radius 3 is 2.62 bits per heavy atom. The number of benzene rings is 1. The van der Waals surface area contributed by atoms with Crippen molar-refractivity contribution in [3.05, 3.63) is 77.9 Å². The molecule has 1 amide bonds. The van der Waals surface area contributed by atoms with Crippen LogP contribution in [0.15, 0.2) is 61.1 Å². The average Bonchev–Trinajstić information content (AvgIpc) is 3.15. The minimum Gasteiger partial charge on any atom is -0.459 e. The third-order valence-corrected chi connectivity index (χ3v) is 3.50. The summed E-state index contributed by atoms with van der Waals surface area (Å²) in [7, 11) is 0. The number of ether oxygens (including phenoxy) is 1. The summed E-state index contributed by atoms with van der Waals surface area (Å²) < 4.78 is 6.66. The van der Waals surface area contributed by atoms with Crippen molar-refractivity contribution in [1.29, 1.82) is 0 Å². The molecular formula is C18H17N5O3. The van der Waals surface area contributed by atoms with Gasteiger partial charge in [0.25, 0.3) is 5.91 Å². The lowest BCUT2D eigenvalue weighted by atomic mass is 10.2. The van der Waals surface area contributed by atoms with Gasteiger partial charge in [0.2, 0.25) is 0 Å². The average molecular weight is 351 g/mol. The second-order valence-corrected chi connectivity index (χ2v) is 5.41. The summed E-state index contributed by atoms with van der Waals surface area (Å²) in [5, 5.41) is 10.4. The van der Waals surface area contributed by atoms with Crippen LogP contribution >= 0.6 is 0 Å². The molecule has 3 rings (SSSR count). The lowest BCUT2D eigenvalue weighted by molar-refractivity contribution is 0.0496. The molecule has 0 aliphatic rings. The lowest BCUT2D eigenvalue weighted by Crippen LogP contribution is -2.28. The van der Waals surface area contributed by atoms with Crippen molar-refractivity contribution in [3.8, 4) is 0 Å². The summed E-state index contributed by atoms with van der Waals surface area (Å²) in [6.07, 6.45) is 4.60. The molecule has 26 heavy (non-hydrogen) atoms. The standard InChI is InChI=1S/C18H17N5O3/c24-17(15-6-8-19-9-7-15)20-10-11-26-18(25)16-13-23(22-21-16)12-14-4-2-1-3-5-14/h1-9,13H,10-12H2,(H,20,24). The number of nitrogens with one attached hydrogen (secondary N) is 1. The molecule has 8 nitrogen and oxygen atoms in total. The predicted octanol–water partition coefficient (Wildman–Crippen LogP) is 1.31. The minimum atomic E-state index is -0.581. The number of rotatable bonds is 7. The van der Waals surface area contributed by atoms with Gasteiger partial charge in [-0.15, -0.1) is 5.10 Å². The fraction of sp³-hybridized carbons (Fsp3) is 0.167. The zero-order valence-corrected chi connectivity index (χ0v) is 13.9. The SMILES string of the molecule is O=C(NCCOC(=O)c1cn(Cc2ccccc2)nn1)c1ccncc1. The third-order valence-electron chi connectivity index (χ3n) is 3.50. The molecule has 0 radical (unpaired) electrons. The maximum atomic E-state index is 12.0. The number of carbonyl (C=O) groups is 2. The first-order valence-electron chi connectivity index (χ1n) is 8.02. The van der Waals surface area contributed by atoms with E-state index in [0.717, 1.165) is 5.56 Å². The fourth-order valence-corrected chi connectivity index (χ4v) is 2.23. The summed E-state index contributed by atoms with van der Waals surface area (Å²) in [6.45, 7) is 0.759. The maximum Gasteiger partial charge on any atom is 0.360 e. The van der Waals surface area contributed by atoms with E-state index in [2.05, 4.69) is 20.6 Å². The first-order valence-corrected chi connectivity index (χ1v) is 8.02. The molecule has 0 fully saturated rings. The molecule has 0 saturated carbocycles. The fourth-order valence-electron chi connectivity index (χ4n) is 2.23. The smallest absolute Gasteiger partial charge is 0.360 e. The summed E-state index contributed by atoms with van der Waals surface area (Å²) >= 11 is 0. The number of hydrogen-bond donors (Lipinski definition) is 1. The van der Waals surface area contributed by atoms with Crippen LogP contribution in [0.1, 0.15) is 26.4 Å². The molecule has 8 heteroatoms. The number of carbonyl (C=O) groups excluding carboxylic acids is 2. The first-order chi connectivity index (χ1) is 12.7. The van der Waals surface area contributed by atoms with E-state index in [1.807, 2.05) is 30.3 Å². The zero-order valence-electron chi connectivity index (χ0n) is 13.9. The van der Waals surface area contributed by atoms with E-state index in [1.165, 1.54) is 18.6 Å². The highest BCUT2D eigenvalue weighted by Crippen LogP contribution is 2.03. The van der Waals surface area contributed by atoms with Crippen molar-refractivity contribution < 1.29 is 14.3 Å². The molecule has 2 aromatic heterocycles. The quantitative estimate of drug-likeness (QED) is 0.509. The van der Waals surface area contributed by atoms with Crippen molar-refractivity contribution >= 4 is 11.9 Å². The monoisotopic (exact) mass is 351 g/mol. The zero-order chi connectivity index (χ0) is 18.2. The van der Waals surface area contributed by atoms with E-state index in [9.17, 15) is 9.59 Å². The van der Waals surface area contributed by atoms with Gasteiger partial charge in [-0.3, -0.25) is 9.78 Å². The number of amides is 1. The maximum absolute atomic E-state index is 12.0. The van der Waals surface area contributed by atoms with E-state index in [4.69, 9.17) is 4.74 Å². The Morgan fingerprint density at radius 1 is 1.08 bits per heavy atom. The summed E-state index contributed by atoms with van der Waals surface area (Å²) in [5.41, 5.74) is 1.67. The third kappa shape index (κ3) is 4.73. The predicted molar refractivity (Wildman–Crippen MR) is 92.4 cm³/mol. The number of hydrogen-bond acceptors (Lipinski definition) is 6. The Labute approximate surface area is 149 Å². The number of esters is 1. The Kier molecular flexibility index (Phi) is 5.66. The second kappa shape index (κ2) is 8.52. The van der Waals surface area contributed by atoms with Crippen LogP contribution in [0, 0.1) is 0 Å². The molecule has 0 atom stereocenters. The lowest BCUT2D eigenvalue weighted by Gasteiger charge is -2.05. The van der Waals surface area contributed by atoms with Crippen molar-refractivity contribution in [2.75, 3.05) is 13.2 Å². The molecule has 0 bridgehead atoms. The highest BCUT2D eigenvalue weighted by molar-refractivity contribution is 5.94. The first kappa shape index (κ1) is 17.3. The summed E-state index contributed by atoms with van der Waals surface area (Å²) in [5.74, 6) is -0.834. The Bertz CT molecular complexity index is 865. The van der Waals surface area contributed by atoms with Gasteiger partial charge in [0.15, 0.2) is 5.69 Å². The van der Waals surface area contributed by atoms with Crippen LogP contribution in [0.5, 0.6) is 0 Å². The largest absolute Gasteiger partial charge is 0.459 e. The molecule has 0 unspecified atom stereocenters. The van der Waals surface area contributed by atoms with Gasteiger partial charge in [-0.25, -0.2) is 9.48 Å². The van der Waals surface area contributed by atoms with Crippen LogP contribution < -0.4 is 5.32 Å². The Balaban J connectivity index is 1.43. The molecule has 1 N–H and O–H groups in total. The Morgan fingerprint density at radius 2 is 1.85 bits per heavy atom.